The van der Waals surface area contributed by atoms with Crippen LogP contribution in [0.4, 0.5) is 0 Å². The van der Waals surface area contributed by atoms with Crippen molar-refractivity contribution >= 4 is 18.8 Å². The molecule has 0 radical (unpaired) electrons. The Labute approximate surface area is 189 Å². The number of hydrogen-bond acceptors (Lipinski definition) is 2. The minimum Gasteiger partial charge on any atom is -0.337 e. The first-order valence-corrected chi connectivity index (χ1v) is 12.9. The summed E-state index contributed by atoms with van der Waals surface area (Å²) < 4.78 is 7.42. The summed E-state index contributed by atoms with van der Waals surface area (Å²) in [7, 11) is -0.982. The zero-order chi connectivity index (χ0) is 22.1. The first kappa shape index (κ1) is 23.6. The Hall–Kier alpha value is -2.02. The highest BCUT2D eigenvalue weighted by molar-refractivity contribution is 7.68. The molecule has 0 aliphatic heterocycles. The van der Waals surface area contributed by atoms with Gasteiger partial charge in [-0.2, -0.15) is 0 Å². The molecule has 1 heterocycles. The van der Waals surface area contributed by atoms with E-state index in [-0.39, 0.29) is 0 Å². The molecule has 3 rings (SSSR count). The van der Waals surface area contributed by atoms with Crippen molar-refractivity contribution in [3.8, 4) is 0 Å². The Kier molecular flexibility index (Phi) is 8.81. The number of hydrogen-bond donors (Lipinski definition) is 0. The van der Waals surface area contributed by atoms with Crippen LogP contribution in [0.25, 0.3) is 0 Å². The average molecular weight is 434 g/mol. The van der Waals surface area contributed by atoms with Gasteiger partial charge in [0.1, 0.15) is 5.60 Å². The summed E-state index contributed by atoms with van der Waals surface area (Å²) in [5, 5.41) is 2.50. The lowest BCUT2D eigenvalue weighted by Crippen LogP contribution is -2.42. The van der Waals surface area contributed by atoms with Crippen LogP contribution in [-0.4, -0.2) is 4.98 Å². The van der Waals surface area contributed by atoms with Crippen molar-refractivity contribution in [2.75, 3.05) is 0 Å². The second kappa shape index (κ2) is 11.6. The molecule has 0 amide bonds. The van der Waals surface area contributed by atoms with Crippen LogP contribution in [0, 0.1) is 11.8 Å². The van der Waals surface area contributed by atoms with E-state index in [0.29, 0.717) is 11.8 Å². The van der Waals surface area contributed by atoms with E-state index in [4.69, 9.17) is 9.51 Å². The van der Waals surface area contributed by atoms with Gasteiger partial charge >= 0.3 is 0 Å². The van der Waals surface area contributed by atoms with Crippen LogP contribution in [0.2, 0.25) is 0 Å². The summed E-state index contributed by atoms with van der Waals surface area (Å²) in [5.41, 5.74) is 0.653. The zero-order valence-corrected chi connectivity index (χ0v) is 20.3. The van der Waals surface area contributed by atoms with Crippen molar-refractivity contribution in [1.82, 2.24) is 4.98 Å². The van der Waals surface area contributed by atoms with Gasteiger partial charge in [0.25, 0.3) is 0 Å². The Bertz CT molecular complexity index is 845. The Morgan fingerprint density at radius 1 is 0.806 bits per heavy atom. The number of nitrogens with zero attached hydrogens (tertiary/aromatic N) is 1. The fourth-order valence-electron chi connectivity index (χ4n) is 4.61. The van der Waals surface area contributed by atoms with Crippen molar-refractivity contribution in [3.05, 3.63) is 90.8 Å². The van der Waals surface area contributed by atoms with E-state index in [2.05, 4.69) is 100 Å². The predicted octanol–water partition coefficient (Wildman–Crippen LogP) is 7.21. The summed E-state index contributed by atoms with van der Waals surface area (Å²) in [5.74, 6) is 0.890. The zero-order valence-electron chi connectivity index (χ0n) is 19.4. The van der Waals surface area contributed by atoms with Gasteiger partial charge in [0.05, 0.1) is 13.8 Å². The Balaban J connectivity index is 2.19. The van der Waals surface area contributed by atoms with Crippen LogP contribution in [0.15, 0.2) is 85.1 Å². The third kappa shape index (κ3) is 5.62. The van der Waals surface area contributed by atoms with Gasteiger partial charge in [-0.1, -0.05) is 107 Å². The van der Waals surface area contributed by atoms with Gasteiger partial charge in [0, 0.05) is 16.8 Å². The van der Waals surface area contributed by atoms with E-state index < -0.39 is 13.7 Å². The fraction of sp³-hybridized carbons (Fsp3) is 0.393. The second-order valence-electron chi connectivity index (χ2n) is 8.55. The molecule has 0 saturated heterocycles. The molecule has 1 aromatic heterocycles. The highest BCUT2D eigenvalue weighted by Gasteiger charge is 2.45. The standard InChI is InChI=1S/C28H36NOP/c1-5-15-26(23(3)4)28(21-6-2,27-20-13-14-22-29-27)30-31(24-16-9-7-10-17-24)25-18-11-8-12-19-25/h7-14,16-20,22-23,26H,5-6,15,21H2,1-4H3/t26-,28+/m1/s1. The first-order chi connectivity index (χ1) is 15.1. The van der Waals surface area contributed by atoms with Crippen LogP contribution >= 0.6 is 8.15 Å². The summed E-state index contributed by atoms with van der Waals surface area (Å²) >= 11 is 0. The highest BCUT2D eigenvalue weighted by Crippen LogP contribution is 2.52. The molecule has 0 bridgehead atoms. The molecule has 0 aliphatic carbocycles. The minimum atomic E-state index is -0.982. The van der Waals surface area contributed by atoms with Gasteiger partial charge in [0.15, 0.2) is 0 Å². The number of rotatable bonds is 11. The van der Waals surface area contributed by atoms with Gasteiger partial charge < -0.3 is 4.52 Å². The molecular weight excluding hydrogens is 397 g/mol. The highest BCUT2D eigenvalue weighted by atomic mass is 31.1. The number of benzene rings is 2. The number of pyridine rings is 1. The van der Waals surface area contributed by atoms with Gasteiger partial charge in [-0.3, -0.25) is 4.98 Å². The van der Waals surface area contributed by atoms with E-state index in [1.54, 1.807) is 0 Å². The summed E-state index contributed by atoms with van der Waals surface area (Å²) in [6, 6.07) is 27.7. The largest absolute Gasteiger partial charge is 0.337 e. The van der Waals surface area contributed by atoms with E-state index in [1.165, 1.54) is 10.6 Å². The van der Waals surface area contributed by atoms with E-state index in [0.717, 1.165) is 31.4 Å². The lowest BCUT2D eigenvalue weighted by molar-refractivity contribution is -0.0226. The van der Waals surface area contributed by atoms with Crippen LogP contribution in [0.1, 0.15) is 59.1 Å². The average Bonchev–Trinajstić information content (AvgIpc) is 2.82. The summed E-state index contributed by atoms with van der Waals surface area (Å²) in [4.78, 5) is 4.88. The fourth-order valence-corrected chi connectivity index (χ4v) is 6.65. The molecule has 31 heavy (non-hydrogen) atoms. The third-order valence-corrected chi connectivity index (χ3v) is 8.00. The maximum absolute atomic E-state index is 7.42. The van der Waals surface area contributed by atoms with Crippen molar-refractivity contribution in [2.24, 2.45) is 11.8 Å². The smallest absolute Gasteiger partial charge is 0.118 e. The molecule has 2 aromatic carbocycles. The van der Waals surface area contributed by atoms with Gasteiger partial charge in [0.2, 0.25) is 0 Å². The van der Waals surface area contributed by atoms with Gasteiger partial charge in [-0.15, -0.1) is 0 Å². The van der Waals surface area contributed by atoms with Gasteiger partial charge in [-0.25, -0.2) is 0 Å². The minimum absolute atomic E-state index is 0.393. The SMILES string of the molecule is CCC[C@H](C(C)C)[C@](CCC)(OP(c1ccccc1)c1ccccc1)c1ccccn1. The molecule has 0 N–H and O–H groups in total. The summed E-state index contributed by atoms with van der Waals surface area (Å²) in [6.45, 7) is 9.22. The molecule has 2 nitrogen and oxygen atoms in total. The van der Waals surface area contributed by atoms with Crippen LogP contribution in [0.3, 0.4) is 0 Å². The maximum atomic E-state index is 7.42. The van der Waals surface area contributed by atoms with Crippen LogP contribution < -0.4 is 10.6 Å². The molecule has 3 aromatic rings. The Morgan fingerprint density at radius 3 is 1.84 bits per heavy atom. The normalized spacial score (nSPS) is 14.5. The predicted molar refractivity (Wildman–Crippen MR) is 134 cm³/mol. The maximum Gasteiger partial charge on any atom is 0.118 e. The molecule has 2 atom stereocenters. The molecular formula is C28H36NOP. The molecule has 0 spiro atoms. The Morgan fingerprint density at radius 2 is 1.39 bits per heavy atom. The molecule has 164 valence electrons. The third-order valence-electron chi connectivity index (χ3n) is 5.96. The van der Waals surface area contributed by atoms with Crippen molar-refractivity contribution in [1.29, 1.82) is 0 Å². The quantitative estimate of drug-likeness (QED) is 0.298. The molecule has 0 unspecified atom stereocenters. The van der Waals surface area contributed by atoms with Crippen molar-refractivity contribution < 1.29 is 4.52 Å². The van der Waals surface area contributed by atoms with Crippen LogP contribution in [-0.2, 0) is 10.1 Å². The van der Waals surface area contributed by atoms with E-state index >= 15 is 0 Å². The van der Waals surface area contributed by atoms with Crippen molar-refractivity contribution in [3.63, 3.8) is 0 Å². The molecule has 0 fully saturated rings. The monoisotopic (exact) mass is 433 g/mol. The molecule has 3 heteroatoms. The first-order valence-electron chi connectivity index (χ1n) is 11.6. The van der Waals surface area contributed by atoms with Gasteiger partial charge in [-0.05, 0) is 36.8 Å². The second-order valence-corrected chi connectivity index (χ2v) is 10.4. The molecule has 0 saturated carbocycles. The number of aromatic nitrogens is 1. The lowest BCUT2D eigenvalue weighted by atomic mass is 9.72. The topological polar surface area (TPSA) is 22.1 Å². The lowest BCUT2D eigenvalue weighted by Gasteiger charge is -2.44. The van der Waals surface area contributed by atoms with Crippen LogP contribution in [0.5, 0.6) is 0 Å². The molecule has 0 aliphatic rings. The van der Waals surface area contributed by atoms with E-state index in [9.17, 15) is 0 Å². The van der Waals surface area contributed by atoms with E-state index in [1.807, 2.05) is 12.3 Å². The summed E-state index contributed by atoms with van der Waals surface area (Å²) in [6.07, 6.45) is 6.20. The van der Waals surface area contributed by atoms with Crippen molar-refractivity contribution in [2.45, 2.75) is 59.0 Å².